The van der Waals surface area contributed by atoms with Crippen molar-refractivity contribution in [2.45, 2.75) is 0 Å². The maximum Gasteiger partial charge on any atom is 0.280 e. The molecule has 2 heterocycles. The molecule has 0 amide bonds. The Bertz CT molecular complexity index is 757. The maximum absolute atomic E-state index is 11.0. The highest BCUT2D eigenvalue weighted by atomic mass is 35.5. The number of benzene rings is 1. The summed E-state index contributed by atoms with van der Waals surface area (Å²) in [7, 11) is 0. The van der Waals surface area contributed by atoms with Crippen molar-refractivity contribution in [1.29, 1.82) is 0 Å². The smallest absolute Gasteiger partial charge is 0.258 e. The van der Waals surface area contributed by atoms with Gasteiger partial charge in [-0.1, -0.05) is 17.7 Å². The van der Waals surface area contributed by atoms with E-state index in [2.05, 4.69) is 15.4 Å². The summed E-state index contributed by atoms with van der Waals surface area (Å²) < 4.78 is 1.37. The molecule has 0 spiro atoms. The van der Waals surface area contributed by atoms with Crippen molar-refractivity contribution in [3.63, 3.8) is 0 Å². The topological polar surface area (TPSA) is 81.8 Å². The van der Waals surface area contributed by atoms with Crippen LogP contribution in [0.5, 0.6) is 0 Å². The van der Waals surface area contributed by atoms with Crippen LogP contribution in [0.25, 0.3) is 20.3 Å². The fourth-order valence-corrected chi connectivity index (χ4v) is 2.93. The Morgan fingerprint density at radius 3 is 2.94 bits per heavy atom. The minimum Gasteiger partial charge on any atom is -0.258 e. The van der Waals surface area contributed by atoms with Gasteiger partial charge in [0.2, 0.25) is 0 Å². The second kappa shape index (κ2) is 3.57. The lowest BCUT2D eigenvalue weighted by Crippen LogP contribution is -1.90. The second-order valence-electron chi connectivity index (χ2n) is 3.27. The summed E-state index contributed by atoms with van der Waals surface area (Å²) in [6, 6.07) is 4.85. The molecule has 0 saturated heterocycles. The van der Waals surface area contributed by atoms with Crippen LogP contribution in [-0.4, -0.2) is 20.3 Å². The standard InChI is InChI=1S/C9H3ClN4O2S/c10-9-8-7(11-13-12-9)6-4(14(15)16)2-1-3-5(6)17-8/h1-3H. The summed E-state index contributed by atoms with van der Waals surface area (Å²) in [5.74, 6) is 0. The van der Waals surface area contributed by atoms with Gasteiger partial charge in [-0.15, -0.1) is 21.5 Å². The van der Waals surface area contributed by atoms with Crippen LogP contribution in [0.15, 0.2) is 18.2 Å². The summed E-state index contributed by atoms with van der Waals surface area (Å²) in [5.41, 5.74) is 0.433. The molecule has 0 atom stereocenters. The summed E-state index contributed by atoms with van der Waals surface area (Å²) in [6.45, 7) is 0. The molecule has 0 bridgehead atoms. The van der Waals surface area contributed by atoms with Crippen molar-refractivity contribution < 1.29 is 4.92 Å². The van der Waals surface area contributed by atoms with Crippen LogP contribution in [0.4, 0.5) is 5.69 Å². The van der Waals surface area contributed by atoms with Gasteiger partial charge in [0.05, 0.1) is 15.0 Å². The van der Waals surface area contributed by atoms with Crippen LogP contribution < -0.4 is 0 Å². The van der Waals surface area contributed by atoms with Gasteiger partial charge in [0.1, 0.15) is 5.52 Å². The number of rotatable bonds is 1. The zero-order valence-electron chi connectivity index (χ0n) is 8.12. The third-order valence-electron chi connectivity index (χ3n) is 2.33. The molecule has 0 aliphatic rings. The molecule has 0 fully saturated rings. The Labute approximate surface area is 103 Å². The molecule has 3 aromatic rings. The molecule has 17 heavy (non-hydrogen) atoms. The van der Waals surface area contributed by atoms with Crippen molar-refractivity contribution in [3.05, 3.63) is 33.5 Å². The molecule has 3 rings (SSSR count). The molecule has 0 saturated carbocycles. The van der Waals surface area contributed by atoms with Gasteiger partial charge in [0, 0.05) is 10.8 Å². The Balaban J connectivity index is 2.59. The van der Waals surface area contributed by atoms with Crippen molar-refractivity contribution in [3.8, 4) is 0 Å². The number of hydrogen-bond acceptors (Lipinski definition) is 6. The summed E-state index contributed by atoms with van der Waals surface area (Å²) in [5, 5.41) is 22.6. The van der Waals surface area contributed by atoms with Crippen molar-refractivity contribution in [1.82, 2.24) is 15.4 Å². The van der Waals surface area contributed by atoms with Crippen LogP contribution in [0, 0.1) is 10.1 Å². The highest BCUT2D eigenvalue weighted by molar-refractivity contribution is 7.26. The number of nitrogens with zero attached hydrogens (tertiary/aromatic N) is 4. The van der Waals surface area contributed by atoms with E-state index in [0.29, 0.717) is 15.6 Å². The lowest BCUT2D eigenvalue weighted by Gasteiger charge is -1.93. The third kappa shape index (κ3) is 1.43. The Morgan fingerprint density at radius 2 is 2.18 bits per heavy atom. The first kappa shape index (κ1) is 10.3. The van der Waals surface area contributed by atoms with E-state index in [1.807, 2.05) is 0 Å². The van der Waals surface area contributed by atoms with E-state index in [1.165, 1.54) is 17.4 Å². The molecule has 0 aliphatic heterocycles. The SMILES string of the molecule is O=[N+]([O-])c1cccc2sc3c(Cl)nnnc3c12. The lowest BCUT2D eigenvalue weighted by molar-refractivity contribution is -0.383. The number of fused-ring (bicyclic) bond motifs is 3. The van der Waals surface area contributed by atoms with E-state index >= 15 is 0 Å². The fourth-order valence-electron chi connectivity index (χ4n) is 1.65. The van der Waals surface area contributed by atoms with Crippen LogP contribution >= 0.6 is 22.9 Å². The molecule has 2 aromatic heterocycles. The monoisotopic (exact) mass is 266 g/mol. The predicted molar refractivity (Wildman–Crippen MR) is 64.4 cm³/mol. The number of thiophene rings is 1. The summed E-state index contributed by atoms with van der Waals surface area (Å²) in [6.07, 6.45) is 0. The minimum absolute atomic E-state index is 0.00492. The first-order valence-corrected chi connectivity index (χ1v) is 5.72. The van der Waals surface area contributed by atoms with Crippen LogP contribution in [0.3, 0.4) is 0 Å². The molecular formula is C9H3ClN4O2S. The summed E-state index contributed by atoms with van der Waals surface area (Å²) in [4.78, 5) is 10.5. The molecule has 0 unspecified atom stereocenters. The quantitative estimate of drug-likeness (QED) is 0.500. The molecule has 0 N–H and O–H groups in total. The first-order chi connectivity index (χ1) is 8.18. The van der Waals surface area contributed by atoms with Crippen molar-refractivity contribution in [2.24, 2.45) is 0 Å². The minimum atomic E-state index is -0.440. The molecule has 84 valence electrons. The Morgan fingerprint density at radius 1 is 1.35 bits per heavy atom. The maximum atomic E-state index is 11.0. The van der Waals surface area contributed by atoms with Gasteiger partial charge in [-0.2, -0.15) is 0 Å². The van der Waals surface area contributed by atoms with Gasteiger partial charge in [0.15, 0.2) is 5.15 Å². The number of nitro benzene ring substituents is 1. The Kier molecular flexibility index (Phi) is 2.17. The van der Waals surface area contributed by atoms with Crippen molar-refractivity contribution in [2.75, 3.05) is 0 Å². The highest BCUT2D eigenvalue weighted by Crippen LogP contribution is 2.39. The van der Waals surface area contributed by atoms with E-state index in [9.17, 15) is 10.1 Å². The predicted octanol–water partition coefficient (Wildman–Crippen LogP) is 2.80. The van der Waals surface area contributed by atoms with Gasteiger partial charge in [-0.05, 0) is 11.3 Å². The largest absolute Gasteiger partial charge is 0.280 e. The molecule has 0 radical (unpaired) electrons. The number of nitro groups is 1. The van der Waals surface area contributed by atoms with Gasteiger partial charge >= 0.3 is 0 Å². The zero-order valence-corrected chi connectivity index (χ0v) is 9.70. The van der Waals surface area contributed by atoms with E-state index in [-0.39, 0.29) is 10.8 Å². The highest BCUT2D eigenvalue weighted by Gasteiger charge is 2.19. The third-order valence-corrected chi connectivity index (χ3v) is 3.86. The molecule has 0 aliphatic carbocycles. The Hall–Kier alpha value is -1.86. The van der Waals surface area contributed by atoms with E-state index < -0.39 is 4.92 Å². The molecular weight excluding hydrogens is 264 g/mol. The molecule has 1 aromatic carbocycles. The average Bonchev–Trinajstić information content (AvgIpc) is 2.69. The summed E-state index contributed by atoms with van der Waals surface area (Å²) >= 11 is 7.21. The molecule has 6 nitrogen and oxygen atoms in total. The number of hydrogen-bond donors (Lipinski definition) is 0. The molecule has 8 heteroatoms. The van der Waals surface area contributed by atoms with Crippen LogP contribution in [0.1, 0.15) is 0 Å². The van der Waals surface area contributed by atoms with Crippen LogP contribution in [0.2, 0.25) is 5.15 Å². The van der Waals surface area contributed by atoms with Gasteiger partial charge in [0.25, 0.3) is 5.69 Å². The first-order valence-electron chi connectivity index (χ1n) is 4.53. The van der Waals surface area contributed by atoms with Gasteiger partial charge < -0.3 is 0 Å². The van der Waals surface area contributed by atoms with E-state index in [1.54, 1.807) is 12.1 Å². The number of non-ortho nitro benzene ring substituents is 1. The number of halogens is 1. The zero-order chi connectivity index (χ0) is 12.0. The number of aromatic nitrogens is 3. The van der Waals surface area contributed by atoms with Gasteiger partial charge in [-0.3, -0.25) is 10.1 Å². The van der Waals surface area contributed by atoms with Crippen LogP contribution in [-0.2, 0) is 0 Å². The average molecular weight is 267 g/mol. The fraction of sp³-hybridized carbons (Fsp3) is 0. The van der Waals surface area contributed by atoms with E-state index in [0.717, 1.165) is 4.70 Å². The normalized spacial score (nSPS) is 11.1. The van der Waals surface area contributed by atoms with E-state index in [4.69, 9.17) is 11.6 Å². The van der Waals surface area contributed by atoms with Gasteiger partial charge in [-0.25, -0.2) is 0 Å². The van der Waals surface area contributed by atoms with Crippen molar-refractivity contribution >= 4 is 48.9 Å². The lowest BCUT2D eigenvalue weighted by atomic mass is 10.2. The second-order valence-corrected chi connectivity index (χ2v) is 4.68.